The fourth-order valence-corrected chi connectivity index (χ4v) is 1.86. The van der Waals surface area contributed by atoms with E-state index >= 15 is 0 Å². The van der Waals surface area contributed by atoms with Crippen LogP contribution in [0.5, 0.6) is 0 Å². The Balaban J connectivity index is 1.92. The van der Waals surface area contributed by atoms with Crippen molar-refractivity contribution in [2.24, 2.45) is 7.05 Å². The SMILES string of the molecule is CCOC(=O)c1cnc(NCCc2ccn(C)n2)nc1C. The Hall–Kier alpha value is -2.44. The highest BCUT2D eigenvalue weighted by Crippen LogP contribution is 2.08. The van der Waals surface area contributed by atoms with Crippen LogP contribution < -0.4 is 5.32 Å². The van der Waals surface area contributed by atoms with Crippen LogP contribution in [0.2, 0.25) is 0 Å². The quantitative estimate of drug-likeness (QED) is 0.808. The van der Waals surface area contributed by atoms with E-state index in [9.17, 15) is 4.79 Å². The van der Waals surface area contributed by atoms with E-state index in [1.54, 1.807) is 18.5 Å². The average Bonchev–Trinajstić information content (AvgIpc) is 2.85. The van der Waals surface area contributed by atoms with Crippen LogP contribution in [0.4, 0.5) is 5.95 Å². The first-order valence-electron chi connectivity index (χ1n) is 6.83. The zero-order valence-corrected chi connectivity index (χ0v) is 12.5. The molecule has 2 aromatic heterocycles. The molecule has 2 heterocycles. The number of aryl methyl sites for hydroxylation is 2. The molecule has 0 amide bonds. The first kappa shape index (κ1) is 15.0. The first-order valence-corrected chi connectivity index (χ1v) is 6.83. The fraction of sp³-hybridized carbons (Fsp3) is 0.429. The minimum Gasteiger partial charge on any atom is -0.462 e. The zero-order chi connectivity index (χ0) is 15.2. The van der Waals surface area contributed by atoms with Crippen molar-refractivity contribution in [2.45, 2.75) is 20.3 Å². The normalized spacial score (nSPS) is 10.4. The highest BCUT2D eigenvalue weighted by Gasteiger charge is 2.12. The molecule has 0 spiro atoms. The Morgan fingerprint density at radius 2 is 2.29 bits per heavy atom. The molecule has 0 aliphatic heterocycles. The molecule has 0 radical (unpaired) electrons. The summed E-state index contributed by atoms with van der Waals surface area (Å²) in [4.78, 5) is 20.0. The molecule has 0 aliphatic carbocycles. The van der Waals surface area contributed by atoms with Crippen LogP contribution >= 0.6 is 0 Å². The van der Waals surface area contributed by atoms with Gasteiger partial charge in [-0.1, -0.05) is 0 Å². The third kappa shape index (κ3) is 4.01. The van der Waals surface area contributed by atoms with Gasteiger partial charge in [-0.25, -0.2) is 14.8 Å². The van der Waals surface area contributed by atoms with Gasteiger partial charge in [-0.05, 0) is 19.9 Å². The summed E-state index contributed by atoms with van der Waals surface area (Å²) < 4.78 is 6.71. The number of hydrogen-bond donors (Lipinski definition) is 1. The van der Waals surface area contributed by atoms with Crippen LogP contribution in [0.3, 0.4) is 0 Å². The number of rotatable bonds is 6. The summed E-state index contributed by atoms with van der Waals surface area (Å²) in [5.41, 5.74) is 2.00. The highest BCUT2D eigenvalue weighted by molar-refractivity contribution is 5.90. The van der Waals surface area contributed by atoms with E-state index in [0.29, 0.717) is 30.4 Å². The van der Waals surface area contributed by atoms with Crippen molar-refractivity contribution >= 4 is 11.9 Å². The van der Waals surface area contributed by atoms with Gasteiger partial charge in [0, 0.05) is 32.4 Å². The number of aromatic nitrogens is 4. The second-order valence-electron chi connectivity index (χ2n) is 4.57. The number of anilines is 1. The number of ether oxygens (including phenoxy) is 1. The Morgan fingerprint density at radius 3 is 2.90 bits per heavy atom. The van der Waals surface area contributed by atoms with E-state index < -0.39 is 5.97 Å². The third-order valence-electron chi connectivity index (χ3n) is 2.91. The molecular formula is C14H19N5O2. The van der Waals surface area contributed by atoms with E-state index in [1.807, 2.05) is 19.3 Å². The van der Waals surface area contributed by atoms with Crippen LogP contribution in [-0.4, -0.2) is 38.9 Å². The molecule has 2 aromatic rings. The van der Waals surface area contributed by atoms with Crippen molar-refractivity contribution in [3.05, 3.63) is 35.4 Å². The molecule has 0 bridgehead atoms. The second-order valence-corrected chi connectivity index (χ2v) is 4.57. The summed E-state index contributed by atoms with van der Waals surface area (Å²) in [5.74, 6) is 0.103. The second kappa shape index (κ2) is 6.83. The molecule has 0 aliphatic rings. The molecule has 2 rings (SSSR count). The highest BCUT2D eigenvalue weighted by atomic mass is 16.5. The first-order chi connectivity index (χ1) is 10.1. The van der Waals surface area contributed by atoms with Crippen LogP contribution in [0.1, 0.15) is 28.7 Å². The van der Waals surface area contributed by atoms with Gasteiger partial charge in [0.2, 0.25) is 5.95 Å². The maximum absolute atomic E-state index is 11.6. The van der Waals surface area contributed by atoms with Crippen molar-refractivity contribution in [1.29, 1.82) is 0 Å². The van der Waals surface area contributed by atoms with Gasteiger partial charge in [-0.2, -0.15) is 5.10 Å². The van der Waals surface area contributed by atoms with Crippen LogP contribution in [0.15, 0.2) is 18.5 Å². The van der Waals surface area contributed by atoms with Crippen molar-refractivity contribution in [1.82, 2.24) is 19.7 Å². The van der Waals surface area contributed by atoms with Crippen molar-refractivity contribution in [2.75, 3.05) is 18.5 Å². The summed E-state index contributed by atoms with van der Waals surface area (Å²) in [7, 11) is 1.89. The number of esters is 1. The molecule has 0 unspecified atom stereocenters. The Morgan fingerprint density at radius 1 is 1.48 bits per heavy atom. The summed E-state index contributed by atoms with van der Waals surface area (Å²) >= 11 is 0. The fourth-order valence-electron chi connectivity index (χ4n) is 1.86. The smallest absolute Gasteiger partial charge is 0.341 e. The molecule has 0 saturated heterocycles. The number of carbonyl (C=O) groups excluding carboxylic acids is 1. The predicted molar refractivity (Wildman–Crippen MR) is 78.1 cm³/mol. The summed E-state index contributed by atoms with van der Waals surface area (Å²) in [6.45, 7) is 4.54. The van der Waals surface area contributed by atoms with Gasteiger partial charge in [-0.3, -0.25) is 4.68 Å². The third-order valence-corrected chi connectivity index (χ3v) is 2.91. The number of hydrogen-bond acceptors (Lipinski definition) is 6. The van der Waals surface area contributed by atoms with Crippen molar-refractivity contribution in [3.63, 3.8) is 0 Å². The molecule has 0 saturated carbocycles. The van der Waals surface area contributed by atoms with Gasteiger partial charge < -0.3 is 10.1 Å². The van der Waals surface area contributed by atoms with Gasteiger partial charge in [0.25, 0.3) is 0 Å². The van der Waals surface area contributed by atoms with E-state index in [4.69, 9.17) is 4.74 Å². The lowest BCUT2D eigenvalue weighted by atomic mass is 10.2. The van der Waals surface area contributed by atoms with E-state index in [1.165, 1.54) is 6.20 Å². The molecule has 0 aromatic carbocycles. The molecule has 7 nitrogen and oxygen atoms in total. The average molecular weight is 289 g/mol. The lowest BCUT2D eigenvalue weighted by Gasteiger charge is -2.07. The van der Waals surface area contributed by atoms with Gasteiger partial charge in [0.15, 0.2) is 0 Å². The molecule has 112 valence electrons. The van der Waals surface area contributed by atoms with Gasteiger partial charge in [-0.15, -0.1) is 0 Å². The Bertz CT molecular complexity index is 624. The Labute approximate surface area is 123 Å². The summed E-state index contributed by atoms with van der Waals surface area (Å²) in [5, 5.41) is 7.41. The predicted octanol–water partition coefficient (Wildman–Crippen LogP) is 1.35. The maximum Gasteiger partial charge on any atom is 0.341 e. The molecule has 0 atom stereocenters. The van der Waals surface area contributed by atoms with E-state index in [-0.39, 0.29) is 0 Å². The molecule has 7 heteroatoms. The van der Waals surface area contributed by atoms with E-state index in [0.717, 1.165) is 12.1 Å². The summed E-state index contributed by atoms with van der Waals surface area (Å²) in [6.07, 6.45) is 4.18. The number of nitrogens with one attached hydrogen (secondary N) is 1. The monoisotopic (exact) mass is 289 g/mol. The number of carbonyl (C=O) groups is 1. The zero-order valence-electron chi connectivity index (χ0n) is 12.5. The number of nitrogens with zero attached hydrogens (tertiary/aromatic N) is 4. The van der Waals surface area contributed by atoms with Crippen LogP contribution in [0, 0.1) is 6.92 Å². The van der Waals surface area contributed by atoms with E-state index in [2.05, 4.69) is 20.4 Å². The Kier molecular flexibility index (Phi) is 4.86. The minimum absolute atomic E-state index is 0.336. The van der Waals surface area contributed by atoms with Crippen LogP contribution in [0.25, 0.3) is 0 Å². The lowest BCUT2D eigenvalue weighted by Crippen LogP contribution is -2.13. The molecule has 21 heavy (non-hydrogen) atoms. The van der Waals surface area contributed by atoms with Crippen molar-refractivity contribution < 1.29 is 9.53 Å². The van der Waals surface area contributed by atoms with Crippen molar-refractivity contribution in [3.8, 4) is 0 Å². The summed E-state index contributed by atoms with van der Waals surface area (Å²) in [6, 6.07) is 1.97. The van der Waals surface area contributed by atoms with Gasteiger partial charge in [0.1, 0.15) is 0 Å². The standard InChI is InChI=1S/C14H19N5O2/c1-4-21-13(20)12-9-16-14(17-10(12)2)15-7-5-11-6-8-19(3)18-11/h6,8-9H,4-5,7H2,1-3H3,(H,15,16,17). The van der Waals surface area contributed by atoms with Crippen LogP contribution in [-0.2, 0) is 18.2 Å². The molecular weight excluding hydrogens is 270 g/mol. The molecule has 1 N–H and O–H groups in total. The topological polar surface area (TPSA) is 81.9 Å². The minimum atomic E-state index is -0.393. The molecule has 0 fully saturated rings. The van der Waals surface area contributed by atoms with Gasteiger partial charge >= 0.3 is 5.97 Å². The maximum atomic E-state index is 11.6. The van der Waals surface area contributed by atoms with Gasteiger partial charge in [0.05, 0.1) is 23.6 Å². The lowest BCUT2D eigenvalue weighted by molar-refractivity contribution is 0.0524. The largest absolute Gasteiger partial charge is 0.462 e.